The Kier molecular flexibility index (Phi) is 18.8. The van der Waals surface area contributed by atoms with Gasteiger partial charge in [-0.15, -0.1) is 0 Å². The molecule has 61 heavy (non-hydrogen) atoms. The van der Waals surface area contributed by atoms with Gasteiger partial charge >= 0.3 is 21.7 Å². The molecule has 0 fully saturated rings. The van der Waals surface area contributed by atoms with Gasteiger partial charge in [-0.1, -0.05) is 243 Å². The summed E-state index contributed by atoms with van der Waals surface area (Å²) in [6, 6.07) is 67.8. The normalized spacial score (nSPS) is 11.1. The fraction of sp³-hybridized carbons (Fsp3) is 0. The zero-order valence-corrected chi connectivity index (χ0v) is 37.8. The molecule has 0 unspecified atom stereocenters. The fourth-order valence-corrected chi connectivity index (χ4v) is 11.3. The summed E-state index contributed by atoms with van der Waals surface area (Å²) in [5.74, 6) is 0. The molecule has 0 saturated heterocycles. The fourth-order valence-electron chi connectivity index (χ4n) is 5.59. The minimum Gasteiger partial charge on any atom is -0.793 e. The van der Waals surface area contributed by atoms with Gasteiger partial charge in [0.15, 0.2) is 0 Å². The molecule has 8 aromatic rings. The zero-order valence-electron chi connectivity index (χ0n) is 32.6. The summed E-state index contributed by atoms with van der Waals surface area (Å²) < 4.78 is 48.2. The minimum atomic E-state index is -3.65. The van der Waals surface area contributed by atoms with Crippen molar-refractivity contribution in [2.75, 3.05) is 0 Å². The van der Waals surface area contributed by atoms with Gasteiger partial charge in [-0.2, -0.15) is 0 Å². The second-order valence-electron chi connectivity index (χ2n) is 12.9. The predicted molar refractivity (Wildman–Crippen MR) is 239 cm³/mol. The standard InChI is InChI=1S/4C12H11O2P.Ti/c4*13-15(14,11-7-3-1-4-8-11)12-9-5-2-6-10-12;/h4*1-10H,(H,13,14);/q;;;;+4/p-4. The molecule has 0 heterocycles. The average Bonchev–Trinajstić information content (AvgIpc) is 3.32. The number of rotatable bonds is 8. The molecule has 0 aliphatic heterocycles. The van der Waals surface area contributed by atoms with E-state index in [1.807, 2.05) is 0 Å². The molecule has 304 valence electrons. The van der Waals surface area contributed by atoms with Crippen LogP contribution in [0, 0.1) is 0 Å². The first-order valence-corrected chi connectivity index (χ1v) is 25.0. The van der Waals surface area contributed by atoms with Crippen LogP contribution in [-0.2, 0) is 40.0 Å². The van der Waals surface area contributed by atoms with Crippen LogP contribution in [0.15, 0.2) is 243 Å². The van der Waals surface area contributed by atoms with E-state index in [9.17, 15) is 37.8 Å². The number of hydrogen-bond donors (Lipinski definition) is 0. The van der Waals surface area contributed by atoms with Crippen molar-refractivity contribution in [3.63, 3.8) is 0 Å². The van der Waals surface area contributed by atoms with Gasteiger partial charge in [-0.3, -0.25) is 0 Å². The monoisotopic (exact) mass is 916 g/mol. The second-order valence-corrected chi connectivity index (χ2v) is 21.4. The Hall–Kier alpha value is -4.77. The van der Waals surface area contributed by atoms with Crippen LogP contribution in [0.1, 0.15) is 0 Å². The molecule has 8 aromatic carbocycles. The Morgan fingerprint density at radius 2 is 0.279 bits per heavy atom. The molecule has 0 bridgehead atoms. The van der Waals surface area contributed by atoms with Crippen molar-refractivity contribution in [2.24, 2.45) is 0 Å². The predicted octanol–water partition coefficient (Wildman–Crippen LogP) is 5.10. The Balaban J connectivity index is 0.000000178. The zero-order chi connectivity index (χ0) is 42.9. The van der Waals surface area contributed by atoms with Gasteiger partial charge in [0.05, 0.1) is 29.5 Å². The Bertz CT molecular complexity index is 2130. The molecule has 0 amide bonds. The van der Waals surface area contributed by atoms with E-state index in [4.69, 9.17) is 0 Å². The first-order chi connectivity index (χ1) is 28.8. The molecule has 13 heteroatoms. The van der Waals surface area contributed by atoms with Crippen molar-refractivity contribution in [3.8, 4) is 0 Å². The molecule has 0 radical (unpaired) electrons. The van der Waals surface area contributed by atoms with Crippen molar-refractivity contribution >= 4 is 71.9 Å². The molecule has 8 rings (SSSR count). The first kappa shape index (κ1) is 48.9. The van der Waals surface area contributed by atoms with Crippen LogP contribution in [0.3, 0.4) is 0 Å². The summed E-state index contributed by atoms with van der Waals surface area (Å²) in [6.07, 6.45) is 0. The largest absolute Gasteiger partial charge is 4.00 e. The van der Waals surface area contributed by atoms with Gasteiger partial charge in [-0.25, -0.2) is 0 Å². The number of benzene rings is 8. The summed E-state index contributed by atoms with van der Waals surface area (Å²) in [7, 11) is -14.6. The van der Waals surface area contributed by atoms with Gasteiger partial charge < -0.3 is 37.8 Å². The summed E-state index contributed by atoms with van der Waals surface area (Å²) in [5.41, 5.74) is 0. The van der Waals surface area contributed by atoms with E-state index in [1.54, 1.807) is 243 Å². The summed E-state index contributed by atoms with van der Waals surface area (Å²) in [5, 5.41) is 2.86. The van der Waals surface area contributed by atoms with Crippen molar-refractivity contribution in [2.45, 2.75) is 0 Å². The molecule has 0 saturated carbocycles. The van der Waals surface area contributed by atoms with Crippen LogP contribution in [0.5, 0.6) is 0 Å². The SMILES string of the molecule is O=P([O-])(c1ccccc1)c1ccccc1.O=P([O-])(c1ccccc1)c1ccccc1.O=P([O-])(c1ccccc1)c1ccccc1.O=P([O-])(c1ccccc1)c1ccccc1.[Ti+4]. The minimum absolute atomic E-state index is 0. The van der Waals surface area contributed by atoms with Crippen molar-refractivity contribution in [1.82, 2.24) is 0 Å². The van der Waals surface area contributed by atoms with E-state index in [1.165, 1.54) is 0 Å². The van der Waals surface area contributed by atoms with E-state index >= 15 is 0 Å². The van der Waals surface area contributed by atoms with E-state index in [2.05, 4.69) is 0 Å². The Morgan fingerprint density at radius 1 is 0.197 bits per heavy atom. The van der Waals surface area contributed by atoms with Crippen molar-refractivity contribution < 1.29 is 59.6 Å². The maximum atomic E-state index is 12.1. The van der Waals surface area contributed by atoms with E-state index < -0.39 is 29.5 Å². The van der Waals surface area contributed by atoms with Crippen LogP contribution in [0.4, 0.5) is 0 Å². The molecule has 0 aliphatic carbocycles. The number of hydrogen-bond acceptors (Lipinski definition) is 8. The van der Waals surface area contributed by atoms with Gasteiger partial charge in [0.1, 0.15) is 0 Å². The third kappa shape index (κ3) is 13.6. The van der Waals surface area contributed by atoms with E-state index in [-0.39, 0.29) is 21.7 Å². The summed E-state index contributed by atoms with van der Waals surface area (Å²) in [6.45, 7) is 0. The van der Waals surface area contributed by atoms with Gasteiger partial charge in [-0.05, 0) is 0 Å². The quantitative estimate of drug-likeness (QED) is 0.150. The topological polar surface area (TPSA) is 161 Å². The van der Waals surface area contributed by atoms with Crippen LogP contribution in [0.25, 0.3) is 0 Å². The molecule has 0 spiro atoms. The molecule has 0 atom stereocenters. The molecule has 8 nitrogen and oxygen atoms in total. The van der Waals surface area contributed by atoms with Gasteiger partial charge in [0.2, 0.25) is 0 Å². The maximum absolute atomic E-state index is 12.1. The summed E-state index contributed by atoms with van der Waals surface area (Å²) >= 11 is 0. The average molecular weight is 917 g/mol. The smallest absolute Gasteiger partial charge is 0.793 e. The van der Waals surface area contributed by atoms with Gasteiger partial charge in [0, 0.05) is 42.4 Å². The molecular weight excluding hydrogens is 876 g/mol. The van der Waals surface area contributed by atoms with Crippen LogP contribution < -0.4 is 62.0 Å². The third-order valence-electron chi connectivity index (χ3n) is 8.77. The van der Waals surface area contributed by atoms with Crippen LogP contribution in [0.2, 0.25) is 0 Å². The Labute approximate surface area is 372 Å². The second kappa shape index (κ2) is 23.5. The Morgan fingerprint density at radius 3 is 0.361 bits per heavy atom. The van der Waals surface area contributed by atoms with Crippen molar-refractivity contribution in [3.05, 3.63) is 243 Å². The van der Waals surface area contributed by atoms with Crippen LogP contribution >= 0.6 is 29.5 Å². The summed E-state index contributed by atoms with van der Waals surface area (Å²) in [4.78, 5) is 48.2. The van der Waals surface area contributed by atoms with Crippen molar-refractivity contribution in [1.29, 1.82) is 0 Å². The maximum Gasteiger partial charge on any atom is 4.00 e. The molecule has 0 aromatic heterocycles. The first-order valence-electron chi connectivity index (χ1n) is 18.5. The molecule has 0 aliphatic rings. The van der Waals surface area contributed by atoms with E-state index in [0.29, 0.717) is 42.4 Å². The molecular formula is C48H40O8P4Ti. The van der Waals surface area contributed by atoms with Crippen LogP contribution in [-0.4, -0.2) is 0 Å². The third-order valence-corrected chi connectivity index (χ3v) is 16.6. The van der Waals surface area contributed by atoms with E-state index in [0.717, 1.165) is 0 Å². The van der Waals surface area contributed by atoms with Gasteiger partial charge in [0.25, 0.3) is 0 Å². The molecule has 0 N–H and O–H groups in total.